The van der Waals surface area contributed by atoms with Crippen LogP contribution >= 0.6 is 11.8 Å². The Bertz CT molecular complexity index is 834. The van der Waals surface area contributed by atoms with E-state index in [0.717, 1.165) is 9.20 Å². The van der Waals surface area contributed by atoms with Crippen molar-refractivity contribution < 1.29 is 22.7 Å². The second-order valence-corrected chi connectivity index (χ2v) is 7.68. The van der Waals surface area contributed by atoms with Crippen molar-refractivity contribution >= 4 is 33.4 Å². The van der Waals surface area contributed by atoms with Crippen LogP contribution in [0.3, 0.4) is 0 Å². The molecule has 0 fully saturated rings. The van der Waals surface area contributed by atoms with E-state index >= 15 is 0 Å². The lowest BCUT2D eigenvalue weighted by Crippen LogP contribution is -2.36. The van der Waals surface area contributed by atoms with Crippen molar-refractivity contribution in [1.82, 2.24) is 0 Å². The fraction of sp³-hybridized carbons (Fsp3) is 0.235. The van der Waals surface area contributed by atoms with Crippen LogP contribution in [0.4, 0.5) is 5.69 Å². The third-order valence-corrected chi connectivity index (χ3v) is 6.02. The first kappa shape index (κ1) is 19.1. The number of para-hydroxylation sites is 2. The number of thioether (sulfide) groups is 1. The second kappa shape index (κ2) is 8.26. The van der Waals surface area contributed by atoms with Crippen LogP contribution in [0.1, 0.15) is 0 Å². The van der Waals surface area contributed by atoms with Crippen LogP contribution in [0.25, 0.3) is 0 Å². The molecule has 134 valence electrons. The second-order valence-electron chi connectivity index (χ2n) is 4.94. The first-order chi connectivity index (χ1) is 11.9. The molecule has 2 rings (SSSR count). The van der Waals surface area contributed by atoms with E-state index in [-0.39, 0.29) is 10.6 Å². The molecule has 0 saturated heterocycles. The van der Waals surface area contributed by atoms with Crippen molar-refractivity contribution in [2.75, 3.05) is 31.3 Å². The molecule has 0 aliphatic rings. The predicted molar refractivity (Wildman–Crippen MR) is 97.8 cm³/mol. The van der Waals surface area contributed by atoms with Crippen molar-refractivity contribution in [3.63, 3.8) is 0 Å². The van der Waals surface area contributed by atoms with Crippen molar-refractivity contribution in [3.8, 4) is 5.75 Å². The summed E-state index contributed by atoms with van der Waals surface area (Å²) in [5, 5.41) is 0. The third kappa shape index (κ3) is 4.26. The number of carbonyl (C=O) groups is 1. The van der Waals surface area contributed by atoms with Crippen molar-refractivity contribution in [2.24, 2.45) is 0 Å². The monoisotopic (exact) mass is 381 g/mol. The molecular weight excluding hydrogens is 362 g/mol. The van der Waals surface area contributed by atoms with Crippen LogP contribution in [0.2, 0.25) is 0 Å². The summed E-state index contributed by atoms with van der Waals surface area (Å²) < 4.78 is 37.1. The Balaban J connectivity index is 2.55. The number of anilines is 1. The molecule has 0 aliphatic carbocycles. The minimum absolute atomic E-state index is 0.0834. The van der Waals surface area contributed by atoms with Gasteiger partial charge < -0.3 is 9.47 Å². The smallest absolute Gasteiger partial charge is 0.326 e. The summed E-state index contributed by atoms with van der Waals surface area (Å²) in [6.45, 7) is -0.455. The molecule has 2 aromatic carbocycles. The van der Waals surface area contributed by atoms with E-state index in [1.54, 1.807) is 36.4 Å². The SMILES string of the molecule is COC(=O)CN(c1ccccc1OC)S(=O)(=O)c1ccc(SC)cc1. The molecule has 2 aromatic rings. The molecule has 8 heteroatoms. The maximum absolute atomic E-state index is 13.1. The maximum Gasteiger partial charge on any atom is 0.326 e. The lowest BCUT2D eigenvalue weighted by molar-refractivity contribution is -0.138. The molecule has 25 heavy (non-hydrogen) atoms. The van der Waals surface area contributed by atoms with E-state index in [2.05, 4.69) is 4.74 Å². The Hall–Kier alpha value is -2.19. The average molecular weight is 381 g/mol. The Kier molecular flexibility index (Phi) is 6.33. The molecule has 0 N–H and O–H groups in total. The van der Waals surface area contributed by atoms with E-state index in [4.69, 9.17) is 4.74 Å². The van der Waals surface area contributed by atoms with Gasteiger partial charge in [-0.25, -0.2) is 8.42 Å². The lowest BCUT2D eigenvalue weighted by atomic mass is 10.3. The largest absolute Gasteiger partial charge is 0.495 e. The van der Waals surface area contributed by atoms with E-state index in [1.165, 1.54) is 38.1 Å². The van der Waals surface area contributed by atoms with Crippen LogP contribution in [-0.4, -0.2) is 41.4 Å². The van der Waals surface area contributed by atoms with E-state index in [0.29, 0.717) is 5.75 Å². The van der Waals surface area contributed by atoms with E-state index in [1.807, 2.05) is 6.26 Å². The van der Waals surface area contributed by atoms with Crippen molar-refractivity contribution in [1.29, 1.82) is 0 Å². The van der Waals surface area contributed by atoms with Gasteiger partial charge in [-0.15, -0.1) is 11.8 Å². The summed E-state index contributed by atoms with van der Waals surface area (Å²) in [5.41, 5.74) is 0.268. The van der Waals surface area contributed by atoms with Gasteiger partial charge in [-0.3, -0.25) is 9.10 Å². The summed E-state index contributed by atoms with van der Waals surface area (Å²) in [6.07, 6.45) is 1.90. The highest BCUT2D eigenvalue weighted by atomic mass is 32.2. The normalized spacial score (nSPS) is 11.0. The Morgan fingerprint density at radius 2 is 1.72 bits per heavy atom. The van der Waals surface area contributed by atoms with Gasteiger partial charge in [-0.1, -0.05) is 12.1 Å². The van der Waals surface area contributed by atoms with Gasteiger partial charge in [0.25, 0.3) is 10.0 Å². The number of hydrogen-bond donors (Lipinski definition) is 0. The van der Waals surface area contributed by atoms with Gasteiger partial charge in [0.1, 0.15) is 12.3 Å². The molecule has 0 aromatic heterocycles. The topological polar surface area (TPSA) is 72.9 Å². The molecule has 0 aliphatic heterocycles. The number of benzene rings is 2. The zero-order valence-corrected chi connectivity index (χ0v) is 15.8. The molecule has 0 heterocycles. The zero-order chi connectivity index (χ0) is 18.4. The molecule has 0 atom stereocenters. The Labute approximate surface area is 151 Å². The van der Waals surface area contributed by atoms with Gasteiger partial charge in [-0.2, -0.15) is 0 Å². The number of carbonyl (C=O) groups excluding carboxylic acids is 1. The van der Waals surface area contributed by atoms with Gasteiger partial charge in [0, 0.05) is 4.90 Å². The summed E-state index contributed by atoms with van der Waals surface area (Å²) in [6, 6.07) is 13.1. The fourth-order valence-corrected chi connectivity index (χ4v) is 4.02. The summed E-state index contributed by atoms with van der Waals surface area (Å²) in [7, 11) is -1.32. The first-order valence-corrected chi connectivity index (χ1v) is 9.97. The molecule has 0 saturated carbocycles. The average Bonchev–Trinajstić information content (AvgIpc) is 2.65. The maximum atomic E-state index is 13.1. The lowest BCUT2D eigenvalue weighted by Gasteiger charge is -2.25. The van der Waals surface area contributed by atoms with E-state index in [9.17, 15) is 13.2 Å². The quantitative estimate of drug-likeness (QED) is 0.542. The van der Waals surface area contributed by atoms with Gasteiger partial charge in [0.15, 0.2) is 0 Å². The molecule has 0 bridgehead atoms. The Morgan fingerprint density at radius 3 is 2.28 bits per heavy atom. The highest BCUT2D eigenvalue weighted by molar-refractivity contribution is 7.98. The van der Waals surface area contributed by atoms with Crippen molar-refractivity contribution in [3.05, 3.63) is 48.5 Å². The highest BCUT2D eigenvalue weighted by Crippen LogP contribution is 2.32. The molecular formula is C17H19NO5S2. The van der Waals surface area contributed by atoms with Gasteiger partial charge in [0.05, 0.1) is 24.8 Å². The number of nitrogens with zero attached hydrogens (tertiary/aromatic N) is 1. The minimum atomic E-state index is -3.97. The van der Waals surface area contributed by atoms with Crippen LogP contribution < -0.4 is 9.04 Å². The third-order valence-electron chi connectivity index (χ3n) is 3.50. The van der Waals surface area contributed by atoms with Gasteiger partial charge in [-0.05, 0) is 42.7 Å². The van der Waals surface area contributed by atoms with Crippen LogP contribution in [0, 0.1) is 0 Å². The summed E-state index contributed by atoms with van der Waals surface area (Å²) >= 11 is 1.51. The van der Waals surface area contributed by atoms with E-state index < -0.39 is 22.5 Å². The number of methoxy groups -OCH3 is 2. The minimum Gasteiger partial charge on any atom is -0.495 e. The molecule has 0 amide bonds. The number of rotatable bonds is 7. The molecule has 0 spiro atoms. The standard InChI is InChI=1S/C17H19NO5S2/c1-22-16-7-5-4-6-15(16)18(12-17(19)23-2)25(20,21)14-10-8-13(24-3)9-11-14/h4-11H,12H2,1-3H3. The molecule has 0 radical (unpaired) electrons. The van der Waals surface area contributed by atoms with Crippen LogP contribution in [0.5, 0.6) is 5.75 Å². The number of hydrogen-bond acceptors (Lipinski definition) is 6. The zero-order valence-electron chi connectivity index (χ0n) is 14.1. The molecule has 6 nitrogen and oxygen atoms in total. The van der Waals surface area contributed by atoms with Crippen LogP contribution in [0.15, 0.2) is 58.3 Å². The number of sulfonamides is 1. The molecule has 0 unspecified atom stereocenters. The van der Waals surface area contributed by atoms with Crippen LogP contribution in [-0.2, 0) is 19.6 Å². The van der Waals surface area contributed by atoms with Gasteiger partial charge >= 0.3 is 5.97 Å². The fourth-order valence-electron chi connectivity index (χ4n) is 2.19. The number of esters is 1. The summed E-state index contributed by atoms with van der Waals surface area (Å²) in [4.78, 5) is 12.8. The van der Waals surface area contributed by atoms with Crippen molar-refractivity contribution in [2.45, 2.75) is 9.79 Å². The highest BCUT2D eigenvalue weighted by Gasteiger charge is 2.29. The first-order valence-electron chi connectivity index (χ1n) is 7.30. The Morgan fingerprint density at radius 1 is 1.08 bits per heavy atom. The predicted octanol–water partition coefficient (Wildman–Crippen LogP) is 2.79. The van der Waals surface area contributed by atoms with Gasteiger partial charge in [0.2, 0.25) is 0 Å². The number of ether oxygens (including phenoxy) is 2. The summed E-state index contributed by atoms with van der Waals surface area (Å²) in [5.74, 6) is -0.328.